The molecule has 19 heavy (non-hydrogen) atoms. The fourth-order valence-electron chi connectivity index (χ4n) is 2.07. The number of nitriles is 1. The predicted molar refractivity (Wildman–Crippen MR) is 74.6 cm³/mol. The first-order valence-electron chi connectivity index (χ1n) is 6.34. The Hall–Kier alpha value is -2.12. The lowest BCUT2D eigenvalue weighted by Gasteiger charge is -2.07. The molecule has 1 aromatic carbocycles. The van der Waals surface area contributed by atoms with Crippen molar-refractivity contribution in [3.05, 3.63) is 53.1 Å². The van der Waals surface area contributed by atoms with E-state index in [1.54, 1.807) is 0 Å². The Morgan fingerprint density at radius 1 is 1.47 bits per heavy atom. The minimum absolute atomic E-state index is 0.125. The molecule has 1 heterocycles. The second kappa shape index (κ2) is 5.68. The molecule has 2 N–H and O–H groups in total. The summed E-state index contributed by atoms with van der Waals surface area (Å²) < 4.78 is 2.05. The molecule has 2 rings (SSSR count). The molecule has 0 radical (unpaired) electrons. The smallest absolute Gasteiger partial charge is 0.0991 e. The molecule has 1 atom stereocenters. The molecule has 0 bridgehead atoms. The number of imidazole rings is 1. The van der Waals surface area contributed by atoms with Gasteiger partial charge >= 0.3 is 0 Å². The normalized spacial score (nSPS) is 12.1. The van der Waals surface area contributed by atoms with Crippen LogP contribution < -0.4 is 5.73 Å². The van der Waals surface area contributed by atoms with E-state index in [-0.39, 0.29) is 6.04 Å². The molecule has 2 aromatic rings. The SMILES string of the molecule is Cc1cc(C#N)ccc1Cn1cnc(CC(C)N)c1. The third-order valence-electron chi connectivity index (χ3n) is 3.04. The van der Waals surface area contributed by atoms with Crippen molar-refractivity contribution in [2.45, 2.75) is 32.9 Å². The van der Waals surface area contributed by atoms with Gasteiger partial charge < -0.3 is 10.3 Å². The zero-order valence-electron chi connectivity index (χ0n) is 11.3. The van der Waals surface area contributed by atoms with Gasteiger partial charge in [0.2, 0.25) is 0 Å². The van der Waals surface area contributed by atoms with Gasteiger partial charge in [0.25, 0.3) is 0 Å². The van der Waals surface area contributed by atoms with Crippen LogP contribution in [0, 0.1) is 18.3 Å². The minimum Gasteiger partial charge on any atom is -0.333 e. The first kappa shape index (κ1) is 13.3. The number of aryl methyl sites for hydroxylation is 1. The third kappa shape index (κ3) is 3.43. The van der Waals surface area contributed by atoms with E-state index in [0.29, 0.717) is 5.56 Å². The molecular formula is C15H18N4. The molecule has 0 fully saturated rings. The van der Waals surface area contributed by atoms with Crippen molar-refractivity contribution in [3.63, 3.8) is 0 Å². The maximum absolute atomic E-state index is 8.85. The molecule has 0 saturated carbocycles. The Kier molecular flexibility index (Phi) is 3.98. The Balaban J connectivity index is 2.13. The average Bonchev–Trinajstić information content (AvgIpc) is 2.78. The van der Waals surface area contributed by atoms with Crippen LogP contribution in [0.15, 0.2) is 30.7 Å². The Labute approximate surface area is 113 Å². The number of benzene rings is 1. The number of nitrogens with zero attached hydrogens (tertiary/aromatic N) is 3. The lowest BCUT2D eigenvalue weighted by molar-refractivity contribution is 0.723. The minimum atomic E-state index is 0.125. The van der Waals surface area contributed by atoms with Crippen LogP contribution in [0.25, 0.3) is 0 Å². The maximum atomic E-state index is 8.85. The summed E-state index contributed by atoms with van der Waals surface area (Å²) in [6.45, 7) is 4.77. The molecule has 0 saturated heterocycles. The quantitative estimate of drug-likeness (QED) is 0.907. The molecule has 0 spiro atoms. The number of hydrogen-bond donors (Lipinski definition) is 1. The van der Waals surface area contributed by atoms with Crippen molar-refractivity contribution in [3.8, 4) is 6.07 Å². The van der Waals surface area contributed by atoms with Crippen LogP contribution in [-0.4, -0.2) is 15.6 Å². The monoisotopic (exact) mass is 254 g/mol. The largest absolute Gasteiger partial charge is 0.333 e. The highest BCUT2D eigenvalue weighted by atomic mass is 15.0. The number of aromatic nitrogens is 2. The van der Waals surface area contributed by atoms with Gasteiger partial charge in [-0.25, -0.2) is 4.98 Å². The summed E-state index contributed by atoms with van der Waals surface area (Å²) in [7, 11) is 0. The van der Waals surface area contributed by atoms with E-state index in [1.807, 2.05) is 49.1 Å². The van der Waals surface area contributed by atoms with Gasteiger partial charge in [0, 0.05) is 25.2 Å². The van der Waals surface area contributed by atoms with Gasteiger partial charge in [0.15, 0.2) is 0 Å². The van der Waals surface area contributed by atoms with Crippen LogP contribution >= 0.6 is 0 Å². The lowest BCUT2D eigenvalue weighted by atomic mass is 10.1. The molecule has 4 heteroatoms. The van der Waals surface area contributed by atoms with Crippen LogP contribution in [0.5, 0.6) is 0 Å². The highest BCUT2D eigenvalue weighted by Gasteiger charge is 2.04. The fraction of sp³-hybridized carbons (Fsp3) is 0.333. The van der Waals surface area contributed by atoms with Crippen molar-refractivity contribution in [1.82, 2.24) is 9.55 Å². The second-order valence-electron chi connectivity index (χ2n) is 4.97. The summed E-state index contributed by atoms with van der Waals surface area (Å²) in [4.78, 5) is 4.35. The van der Waals surface area contributed by atoms with Gasteiger partial charge in [-0.05, 0) is 37.1 Å². The van der Waals surface area contributed by atoms with Gasteiger partial charge in [-0.3, -0.25) is 0 Å². The van der Waals surface area contributed by atoms with E-state index < -0.39 is 0 Å². The highest BCUT2D eigenvalue weighted by Crippen LogP contribution is 2.12. The fourth-order valence-corrected chi connectivity index (χ4v) is 2.07. The topological polar surface area (TPSA) is 67.6 Å². The summed E-state index contributed by atoms with van der Waals surface area (Å²) >= 11 is 0. The van der Waals surface area contributed by atoms with Gasteiger partial charge in [0.1, 0.15) is 0 Å². The predicted octanol–water partition coefficient (Wildman–Crippen LogP) is 2.00. The van der Waals surface area contributed by atoms with Gasteiger partial charge in [-0.2, -0.15) is 5.26 Å². The molecular weight excluding hydrogens is 236 g/mol. The van der Waals surface area contributed by atoms with Gasteiger partial charge in [-0.15, -0.1) is 0 Å². The van der Waals surface area contributed by atoms with Crippen LogP contribution in [0.3, 0.4) is 0 Å². The zero-order chi connectivity index (χ0) is 13.8. The molecule has 0 aliphatic rings. The van der Waals surface area contributed by atoms with Crippen molar-refractivity contribution in [1.29, 1.82) is 5.26 Å². The number of rotatable bonds is 4. The number of hydrogen-bond acceptors (Lipinski definition) is 3. The van der Waals surface area contributed by atoms with E-state index >= 15 is 0 Å². The molecule has 1 aromatic heterocycles. The van der Waals surface area contributed by atoms with Gasteiger partial charge in [0.05, 0.1) is 23.7 Å². The van der Waals surface area contributed by atoms with E-state index in [4.69, 9.17) is 11.0 Å². The highest BCUT2D eigenvalue weighted by molar-refractivity contribution is 5.37. The van der Waals surface area contributed by atoms with Crippen LogP contribution in [-0.2, 0) is 13.0 Å². The standard InChI is InChI=1S/C15H18N4/c1-11-5-13(7-16)3-4-14(11)8-19-9-15(18-10-19)6-12(2)17/h3-5,9-10,12H,6,8,17H2,1-2H3. The van der Waals surface area contributed by atoms with E-state index in [0.717, 1.165) is 24.2 Å². The molecule has 1 unspecified atom stereocenters. The molecule has 4 nitrogen and oxygen atoms in total. The first-order chi connectivity index (χ1) is 9.08. The van der Waals surface area contributed by atoms with Crippen LogP contribution in [0.2, 0.25) is 0 Å². The molecule has 98 valence electrons. The molecule has 0 amide bonds. The van der Waals surface area contributed by atoms with E-state index in [9.17, 15) is 0 Å². The molecule has 0 aliphatic heterocycles. The van der Waals surface area contributed by atoms with Crippen molar-refractivity contribution < 1.29 is 0 Å². The summed E-state index contributed by atoms with van der Waals surface area (Å²) in [5.41, 5.74) is 9.80. The second-order valence-corrected chi connectivity index (χ2v) is 4.97. The van der Waals surface area contributed by atoms with Crippen molar-refractivity contribution in [2.75, 3.05) is 0 Å². The van der Waals surface area contributed by atoms with Crippen molar-refractivity contribution in [2.24, 2.45) is 5.73 Å². The van der Waals surface area contributed by atoms with Crippen LogP contribution in [0.4, 0.5) is 0 Å². The Morgan fingerprint density at radius 2 is 2.26 bits per heavy atom. The van der Waals surface area contributed by atoms with Gasteiger partial charge in [-0.1, -0.05) is 6.07 Å². The summed E-state index contributed by atoms with van der Waals surface area (Å²) in [6.07, 6.45) is 4.65. The van der Waals surface area contributed by atoms with Crippen LogP contribution in [0.1, 0.15) is 29.3 Å². The molecule has 0 aliphatic carbocycles. The maximum Gasteiger partial charge on any atom is 0.0991 e. The Bertz CT molecular complexity index is 605. The first-order valence-corrected chi connectivity index (χ1v) is 6.34. The van der Waals surface area contributed by atoms with E-state index in [1.165, 1.54) is 5.56 Å². The number of nitrogens with two attached hydrogens (primary N) is 1. The zero-order valence-corrected chi connectivity index (χ0v) is 11.3. The third-order valence-corrected chi connectivity index (χ3v) is 3.04. The van der Waals surface area contributed by atoms with Crippen molar-refractivity contribution >= 4 is 0 Å². The Morgan fingerprint density at radius 3 is 2.89 bits per heavy atom. The van der Waals surface area contributed by atoms with E-state index in [2.05, 4.69) is 11.1 Å². The average molecular weight is 254 g/mol. The summed E-state index contributed by atoms with van der Waals surface area (Å²) in [5, 5.41) is 8.85. The summed E-state index contributed by atoms with van der Waals surface area (Å²) in [6, 6.07) is 8.04. The summed E-state index contributed by atoms with van der Waals surface area (Å²) in [5.74, 6) is 0. The lowest BCUT2D eigenvalue weighted by Crippen LogP contribution is -2.17.